The summed E-state index contributed by atoms with van der Waals surface area (Å²) in [6.07, 6.45) is 20.9. The summed E-state index contributed by atoms with van der Waals surface area (Å²) in [5.41, 5.74) is -0.871. The van der Waals surface area contributed by atoms with Crippen LogP contribution in [0.3, 0.4) is 0 Å². The molecule has 5 nitrogen and oxygen atoms in total. The van der Waals surface area contributed by atoms with E-state index in [9.17, 15) is 19.8 Å². The first kappa shape index (κ1) is 25.3. The van der Waals surface area contributed by atoms with Crippen molar-refractivity contribution in [2.45, 2.75) is 116 Å². The molecule has 29 heavy (non-hydrogen) atoms. The molecule has 5 heteroatoms. The molecular weight excluding hydrogens is 366 g/mol. The van der Waals surface area contributed by atoms with Gasteiger partial charge in [0.05, 0.1) is 0 Å². The highest BCUT2D eigenvalue weighted by atomic mass is 16.3. The van der Waals surface area contributed by atoms with Crippen LogP contribution in [0.2, 0.25) is 0 Å². The fourth-order valence-electron chi connectivity index (χ4n) is 3.81. The lowest BCUT2D eigenvalue weighted by molar-refractivity contribution is 0.110. The fourth-order valence-corrected chi connectivity index (χ4v) is 3.81. The molecule has 0 aliphatic rings. The second kappa shape index (κ2) is 16.1. The minimum Gasteiger partial charge on any atom is -0.503 e. The zero-order valence-electron chi connectivity index (χ0n) is 18.3. The molecule has 1 heterocycles. The molecule has 0 saturated carbocycles. The van der Waals surface area contributed by atoms with Crippen molar-refractivity contribution in [3.63, 3.8) is 0 Å². The van der Waals surface area contributed by atoms with E-state index in [1.165, 1.54) is 88.0 Å². The van der Waals surface area contributed by atoms with E-state index >= 15 is 0 Å². The molecule has 166 valence electrons. The molecule has 0 bridgehead atoms. The molecule has 2 N–H and O–H groups in total. The van der Waals surface area contributed by atoms with Gasteiger partial charge in [0, 0.05) is 12.6 Å². The Morgan fingerprint density at radius 2 is 1.17 bits per heavy atom. The normalized spacial score (nSPS) is 11.1. The van der Waals surface area contributed by atoms with Crippen LogP contribution >= 0.6 is 0 Å². The first-order chi connectivity index (χ1) is 14.1. The summed E-state index contributed by atoms with van der Waals surface area (Å²) in [5, 5.41) is 19.5. The van der Waals surface area contributed by atoms with Crippen molar-refractivity contribution in [1.29, 1.82) is 0 Å². The molecule has 0 radical (unpaired) electrons. The third-order valence-electron chi connectivity index (χ3n) is 5.65. The van der Waals surface area contributed by atoms with Gasteiger partial charge in [0.1, 0.15) is 5.69 Å². The van der Waals surface area contributed by atoms with Gasteiger partial charge in [0.2, 0.25) is 5.43 Å². The largest absolute Gasteiger partial charge is 0.503 e. The molecule has 1 rings (SSSR count). The Balaban J connectivity index is 1.99. The van der Waals surface area contributed by atoms with Crippen molar-refractivity contribution in [2.24, 2.45) is 0 Å². The topological polar surface area (TPSA) is 79.5 Å². The smallest absolute Gasteiger partial charge is 0.227 e. The Kier molecular flexibility index (Phi) is 14.0. The number of aromatic nitrogens is 1. The van der Waals surface area contributed by atoms with E-state index < -0.39 is 11.2 Å². The summed E-state index contributed by atoms with van der Waals surface area (Å²) in [4.78, 5) is 22.5. The van der Waals surface area contributed by atoms with E-state index in [1.54, 1.807) is 0 Å². The maximum Gasteiger partial charge on any atom is 0.227 e. The summed E-state index contributed by atoms with van der Waals surface area (Å²) < 4.78 is 1.31. The van der Waals surface area contributed by atoms with Crippen LogP contribution in [0.25, 0.3) is 0 Å². The molecule has 0 aliphatic carbocycles. The molecule has 1 aromatic heterocycles. The predicted molar refractivity (Wildman–Crippen MR) is 119 cm³/mol. The second-order valence-corrected chi connectivity index (χ2v) is 8.17. The van der Waals surface area contributed by atoms with Gasteiger partial charge in [-0.25, -0.2) is 0 Å². The standard InChI is InChI=1S/C24H41NO4/c1-2-3-4-5-6-7-8-9-10-11-12-13-14-15-16-17-18-25-21(20-26)24(29)22(27)19-23(25)28/h19-20,28-29H,2-18H2,1H3. The zero-order valence-corrected chi connectivity index (χ0v) is 18.3. The molecule has 0 aromatic carbocycles. The first-order valence-corrected chi connectivity index (χ1v) is 11.7. The molecule has 0 unspecified atom stereocenters. The first-order valence-electron chi connectivity index (χ1n) is 11.7. The molecule has 0 aliphatic heterocycles. The predicted octanol–water partition coefficient (Wildman–Crippen LogP) is 6.33. The van der Waals surface area contributed by atoms with E-state index in [0.717, 1.165) is 25.3 Å². The van der Waals surface area contributed by atoms with Gasteiger partial charge in [-0.1, -0.05) is 103 Å². The summed E-state index contributed by atoms with van der Waals surface area (Å²) >= 11 is 0. The lowest BCUT2D eigenvalue weighted by Gasteiger charge is -2.12. The maximum absolute atomic E-state index is 11.4. The number of nitrogens with zero attached hydrogens (tertiary/aromatic N) is 1. The number of carbonyl (C=O) groups excluding carboxylic acids is 1. The van der Waals surface area contributed by atoms with Crippen LogP contribution < -0.4 is 5.43 Å². The van der Waals surface area contributed by atoms with Crippen LogP contribution in [-0.4, -0.2) is 21.1 Å². The lowest BCUT2D eigenvalue weighted by Crippen LogP contribution is -2.13. The fraction of sp³-hybridized carbons (Fsp3) is 0.750. The maximum atomic E-state index is 11.4. The van der Waals surface area contributed by atoms with Gasteiger partial charge < -0.3 is 14.8 Å². The number of hydrogen-bond donors (Lipinski definition) is 2. The van der Waals surface area contributed by atoms with E-state index in [4.69, 9.17) is 0 Å². The van der Waals surface area contributed by atoms with Crippen molar-refractivity contribution >= 4 is 6.29 Å². The molecule has 0 atom stereocenters. The SMILES string of the molecule is CCCCCCCCCCCCCCCCCCn1c(O)cc(=O)c(O)c1C=O. The highest BCUT2D eigenvalue weighted by Crippen LogP contribution is 2.19. The van der Waals surface area contributed by atoms with Gasteiger partial charge in [-0.15, -0.1) is 0 Å². The van der Waals surface area contributed by atoms with Crippen molar-refractivity contribution in [3.05, 3.63) is 22.0 Å². The van der Waals surface area contributed by atoms with Gasteiger partial charge in [0.25, 0.3) is 0 Å². The van der Waals surface area contributed by atoms with E-state index in [1.807, 2.05) is 0 Å². The third-order valence-corrected chi connectivity index (χ3v) is 5.65. The summed E-state index contributed by atoms with van der Waals surface area (Å²) in [7, 11) is 0. The van der Waals surface area contributed by atoms with Gasteiger partial charge in [-0.05, 0) is 6.42 Å². The lowest BCUT2D eigenvalue weighted by atomic mass is 10.0. The molecule has 0 fully saturated rings. The van der Waals surface area contributed by atoms with Crippen LogP contribution in [0.4, 0.5) is 0 Å². The molecule has 0 spiro atoms. The van der Waals surface area contributed by atoms with E-state index in [-0.39, 0.29) is 11.6 Å². The van der Waals surface area contributed by atoms with Crippen LogP contribution in [0, 0.1) is 0 Å². The van der Waals surface area contributed by atoms with Crippen LogP contribution in [0.5, 0.6) is 11.6 Å². The van der Waals surface area contributed by atoms with Crippen molar-refractivity contribution < 1.29 is 15.0 Å². The van der Waals surface area contributed by atoms with E-state index in [0.29, 0.717) is 12.8 Å². The van der Waals surface area contributed by atoms with Gasteiger partial charge in [-0.3, -0.25) is 9.59 Å². The van der Waals surface area contributed by atoms with Gasteiger partial charge in [-0.2, -0.15) is 0 Å². The van der Waals surface area contributed by atoms with Crippen molar-refractivity contribution in [3.8, 4) is 11.6 Å². The zero-order chi connectivity index (χ0) is 21.3. The number of aldehydes is 1. The number of aromatic hydroxyl groups is 2. The Bertz CT molecular complexity index is 624. The van der Waals surface area contributed by atoms with Crippen molar-refractivity contribution in [2.75, 3.05) is 0 Å². The Hall–Kier alpha value is -1.78. The highest BCUT2D eigenvalue weighted by Gasteiger charge is 2.13. The van der Waals surface area contributed by atoms with Gasteiger partial charge in [0.15, 0.2) is 17.9 Å². The average molecular weight is 408 g/mol. The number of rotatable bonds is 18. The third kappa shape index (κ3) is 10.5. The van der Waals surface area contributed by atoms with Crippen LogP contribution in [0.1, 0.15) is 120 Å². The summed E-state index contributed by atoms with van der Waals surface area (Å²) in [6.45, 7) is 2.68. The Labute approximate surface area is 176 Å². The summed E-state index contributed by atoms with van der Waals surface area (Å²) in [5.74, 6) is -0.856. The average Bonchev–Trinajstić information content (AvgIpc) is 2.71. The quantitative estimate of drug-likeness (QED) is 0.220. The van der Waals surface area contributed by atoms with Gasteiger partial charge >= 0.3 is 0 Å². The van der Waals surface area contributed by atoms with Crippen LogP contribution in [-0.2, 0) is 6.54 Å². The molecule has 0 amide bonds. The molecular formula is C24H41NO4. The minimum absolute atomic E-state index is 0.143. The number of hydrogen-bond acceptors (Lipinski definition) is 4. The van der Waals surface area contributed by atoms with Crippen molar-refractivity contribution in [1.82, 2.24) is 4.57 Å². The monoisotopic (exact) mass is 407 g/mol. The minimum atomic E-state index is -0.729. The number of unbranched alkanes of at least 4 members (excludes halogenated alkanes) is 15. The highest BCUT2D eigenvalue weighted by molar-refractivity contribution is 5.76. The molecule has 1 aromatic rings. The number of pyridine rings is 1. The second-order valence-electron chi connectivity index (χ2n) is 8.17. The molecule has 0 saturated heterocycles. The Morgan fingerprint density at radius 1 is 0.759 bits per heavy atom. The summed E-state index contributed by atoms with van der Waals surface area (Å²) in [6, 6.07) is 0.953. The van der Waals surface area contributed by atoms with E-state index in [2.05, 4.69) is 6.92 Å². The number of carbonyl (C=O) groups is 1. The van der Waals surface area contributed by atoms with Crippen LogP contribution in [0.15, 0.2) is 10.9 Å². The Morgan fingerprint density at radius 3 is 1.59 bits per heavy atom.